The monoisotopic (exact) mass is 420 g/mol. The number of rotatable bonds is 6. The van der Waals surface area contributed by atoms with E-state index in [2.05, 4.69) is 50.5 Å². The molecule has 1 saturated heterocycles. The first-order valence-corrected chi connectivity index (χ1v) is 10.6. The molecule has 3 aromatic rings. The van der Waals surface area contributed by atoms with Gasteiger partial charge >= 0.3 is 0 Å². The minimum Gasteiger partial charge on any atom is -0.479 e. The van der Waals surface area contributed by atoms with Crippen molar-refractivity contribution in [3.05, 3.63) is 47.8 Å². The number of hydrogen-bond acceptors (Lipinski definition) is 7. The number of nitrogens with zero attached hydrogens (tertiary/aromatic N) is 4. The fraction of sp³-hybridized carbons (Fsp3) is 0.391. The summed E-state index contributed by atoms with van der Waals surface area (Å²) >= 11 is 0. The number of fused-ring (bicyclic) bond motifs is 1. The number of ether oxygens (including phenoxy) is 1. The largest absolute Gasteiger partial charge is 0.479 e. The molecular formula is C23H28N6O2. The van der Waals surface area contributed by atoms with E-state index in [9.17, 15) is 4.79 Å². The molecular weight excluding hydrogens is 392 g/mol. The third-order valence-electron chi connectivity index (χ3n) is 5.66. The Hall–Kier alpha value is -3.26. The molecule has 2 N–H and O–H groups in total. The Morgan fingerprint density at radius 2 is 2.00 bits per heavy atom. The highest BCUT2D eigenvalue weighted by Gasteiger charge is 2.20. The van der Waals surface area contributed by atoms with Crippen LogP contribution in [-0.2, 0) is 6.42 Å². The lowest BCUT2D eigenvalue weighted by Gasteiger charge is -2.29. The van der Waals surface area contributed by atoms with Gasteiger partial charge in [-0.3, -0.25) is 4.79 Å². The summed E-state index contributed by atoms with van der Waals surface area (Å²) in [7, 11) is 3.63. The lowest BCUT2D eigenvalue weighted by Crippen LogP contribution is -2.43. The van der Waals surface area contributed by atoms with E-state index >= 15 is 0 Å². The van der Waals surface area contributed by atoms with Crippen LogP contribution in [0.15, 0.2) is 36.5 Å². The van der Waals surface area contributed by atoms with Crippen molar-refractivity contribution in [2.24, 2.45) is 0 Å². The van der Waals surface area contributed by atoms with E-state index in [1.807, 2.05) is 12.1 Å². The Morgan fingerprint density at radius 3 is 2.74 bits per heavy atom. The first-order chi connectivity index (χ1) is 15.1. The van der Waals surface area contributed by atoms with E-state index in [0.717, 1.165) is 48.8 Å². The number of benzene rings is 1. The second kappa shape index (κ2) is 9.26. The number of carbonyl (C=O) groups is 1. The maximum absolute atomic E-state index is 12.7. The topological polar surface area (TPSA) is 92.3 Å². The van der Waals surface area contributed by atoms with Crippen LogP contribution in [0.5, 0.6) is 5.88 Å². The van der Waals surface area contributed by atoms with Gasteiger partial charge in [-0.25, -0.2) is 15.0 Å². The zero-order valence-corrected chi connectivity index (χ0v) is 18.2. The minimum absolute atomic E-state index is 0.174. The number of amides is 1. The van der Waals surface area contributed by atoms with Crippen molar-refractivity contribution >= 4 is 28.4 Å². The molecule has 0 saturated carbocycles. The van der Waals surface area contributed by atoms with Crippen molar-refractivity contribution in [3.63, 3.8) is 0 Å². The molecule has 8 heteroatoms. The molecule has 4 rings (SSSR count). The molecule has 0 unspecified atom stereocenters. The van der Waals surface area contributed by atoms with Crippen molar-refractivity contribution in [1.29, 1.82) is 0 Å². The number of pyridine rings is 1. The Kier molecular flexibility index (Phi) is 6.27. The molecule has 0 radical (unpaired) electrons. The zero-order valence-electron chi connectivity index (χ0n) is 18.2. The Morgan fingerprint density at radius 1 is 1.19 bits per heavy atom. The van der Waals surface area contributed by atoms with Gasteiger partial charge in [-0.15, -0.1) is 0 Å². The number of piperidine rings is 1. The van der Waals surface area contributed by atoms with Gasteiger partial charge < -0.3 is 20.3 Å². The lowest BCUT2D eigenvalue weighted by atomic mass is 10.1. The molecule has 162 valence electrons. The maximum atomic E-state index is 12.7. The van der Waals surface area contributed by atoms with Crippen LogP contribution in [-0.4, -0.2) is 59.0 Å². The van der Waals surface area contributed by atoms with E-state index in [1.165, 1.54) is 7.11 Å². The fourth-order valence-electron chi connectivity index (χ4n) is 3.81. The summed E-state index contributed by atoms with van der Waals surface area (Å²) in [5.74, 6) is 0.592. The molecule has 1 aliphatic rings. The number of methoxy groups -OCH3 is 1. The van der Waals surface area contributed by atoms with E-state index in [0.29, 0.717) is 23.2 Å². The maximum Gasteiger partial charge on any atom is 0.270 e. The summed E-state index contributed by atoms with van der Waals surface area (Å²) < 4.78 is 5.43. The number of likely N-dealkylation sites (tertiary alicyclic amines) is 1. The van der Waals surface area contributed by atoms with Crippen molar-refractivity contribution < 1.29 is 9.53 Å². The Bertz CT molecular complexity index is 1080. The molecule has 0 atom stereocenters. The lowest BCUT2D eigenvalue weighted by molar-refractivity contribution is 0.0911. The van der Waals surface area contributed by atoms with Crippen LogP contribution in [0.25, 0.3) is 10.9 Å². The molecule has 1 aromatic carbocycles. The highest BCUT2D eigenvalue weighted by molar-refractivity contribution is 5.93. The summed E-state index contributed by atoms with van der Waals surface area (Å²) in [6.07, 6.45) is 4.57. The molecule has 0 spiro atoms. The second-order valence-corrected chi connectivity index (χ2v) is 7.83. The first kappa shape index (κ1) is 21.0. The Balaban J connectivity index is 1.52. The molecule has 0 bridgehead atoms. The second-order valence-electron chi connectivity index (χ2n) is 7.83. The molecule has 2 aromatic heterocycles. The number of aromatic nitrogens is 3. The molecule has 8 nitrogen and oxygen atoms in total. The number of anilines is 2. The number of carbonyl (C=O) groups excluding carboxylic acids is 1. The van der Waals surface area contributed by atoms with Crippen LogP contribution in [0.4, 0.5) is 11.6 Å². The predicted molar refractivity (Wildman–Crippen MR) is 121 cm³/mol. The van der Waals surface area contributed by atoms with Gasteiger partial charge in [0.15, 0.2) is 0 Å². The van der Waals surface area contributed by atoms with Crippen molar-refractivity contribution in [1.82, 2.24) is 25.2 Å². The highest BCUT2D eigenvalue weighted by atomic mass is 16.5. The van der Waals surface area contributed by atoms with Gasteiger partial charge in [0.25, 0.3) is 5.91 Å². The zero-order chi connectivity index (χ0) is 21.8. The molecule has 31 heavy (non-hydrogen) atoms. The van der Waals surface area contributed by atoms with Crippen LogP contribution >= 0.6 is 0 Å². The van der Waals surface area contributed by atoms with Gasteiger partial charge in [-0.2, -0.15) is 0 Å². The summed E-state index contributed by atoms with van der Waals surface area (Å²) in [5, 5.41) is 7.25. The number of nitrogens with one attached hydrogen (secondary N) is 2. The molecule has 3 heterocycles. The average Bonchev–Trinajstić information content (AvgIpc) is 2.80. The quantitative estimate of drug-likeness (QED) is 0.633. The first-order valence-electron chi connectivity index (χ1n) is 10.6. The normalized spacial score (nSPS) is 15.1. The minimum atomic E-state index is -0.186. The van der Waals surface area contributed by atoms with Gasteiger partial charge in [0.1, 0.15) is 11.4 Å². The van der Waals surface area contributed by atoms with E-state index in [-0.39, 0.29) is 11.9 Å². The van der Waals surface area contributed by atoms with Gasteiger partial charge in [-0.1, -0.05) is 25.1 Å². The number of aryl methyl sites for hydroxylation is 1. The summed E-state index contributed by atoms with van der Waals surface area (Å²) in [5.41, 5.74) is 3.01. The standard InChI is InChI=1S/C23H28N6O2/c1-4-15-6-5-7-16-14-24-23(28-20(15)16)27-19-9-8-18(26-22(19)31-3)21(30)25-17-10-12-29(2)13-11-17/h5-9,14,17H,4,10-13H2,1-3H3,(H,25,30)(H,24,27,28). The Labute approximate surface area is 182 Å². The number of para-hydroxylation sites is 1. The molecule has 1 amide bonds. The number of hydrogen-bond donors (Lipinski definition) is 2. The van der Waals surface area contributed by atoms with Crippen molar-refractivity contribution in [3.8, 4) is 5.88 Å². The predicted octanol–water partition coefficient (Wildman–Crippen LogP) is 3.16. The van der Waals surface area contributed by atoms with Gasteiger partial charge in [0.2, 0.25) is 11.8 Å². The van der Waals surface area contributed by atoms with E-state index in [4.69, 9.17) is 4.74 Å². The molecule has 0 aliphatic carbocycles. The summed E-state index contributed by atoms with van der Waals surface area (Å²) in [6.45, 7) is 4.07. The highest BCUT2D eigenvalue weighted by Crippen LogP contribution is 2.26. The van der Waals surface area contributed by atoms with E-state index in [1.54, 1.807) is 18.3 Å². The van der Waals surface area contributed by atoms with Crippen molar-refractivity contribution in [2.75, 3.05) is 32.6 Å². The van der Waals surface area contributed by atoms with Crippen LogP contribution in [0.2, 0.25) is 0 Å². The van der Waals surface area contributed by atoms with Gasteiger partial charge in [0.05, 0.1) is 12.6 Å². The third-order valence-corrected chi connectivity index (χ3v) is 5.66. The summed E-state index contributed by atoms with van der Waals surface area (Å²) in [4.78, 5) is 28.4. The third kappa shape index (κ3) is 4.74. The van der Waals surface area contributed by atoms with Gasteiger partial charge in [0, 0.05) is 17.6 Å². The SMILES string of the molecule is CCc1cccc2cnc(Nc3ccc(C(=O)NC4CCN(C)CC4)nc3OC)nc12. The average molecular weight is 421 g/mol. The van der Waals surface area contributed by atoms with Crippen LogP contribution < -0.4 is 15.4 Å². The summed E-state index contributed by atoms with van der Waals surface area (Å²) in [6, 6.07) is 9.72. The van der Waals surface area contributed by atoms with E-state index < -0.39 is 0 Å². The van der Waals surface area contributed by atoms with Gasteiger partial charge in [-0.05, 0) is 57.1 Å². The van der Waals surface area contributed by atoms with Crippen LogP contribution in [0.1, 0.15) is 35.8 Å². The fourth-order valence-corrected chi connectivity index (χ4v) is 3.81. The van der Waals surface area contributed by atoms with Crippen LogP contribution in [0.3, 0.4) is 0 Å². The smallest absolute Gasteiger partial charge is 0.270 e. The molecule has 1 aliphatic heterocycles. The van der Waals surface area contributed by atoms with Crippen LogP contribution in [0, 0.1) is 0 Å². The molecule has 1 fully saturated rings. The van der Waals surface area contributed by atoms with Crippen molar-refractivity contribution in [2.45, 2.75) is 32.2 Å².